The Morgan fingerprint density at radius 2 is 1.86 bits per heavy atom. The summed E-state index contributed by atoms with van der Waals surface area (Å²) < 4.78 is 0. The van der Waals surface area contributed by atoms with E-state index in [0.717, 1.165) is 24.3 Å². The zero-order valence-corrected chi connectivity index (χ0v) is 11.9. The largest absolute Gasteiger partial charge is 0.326 e. The van der Waals surface area contributed by atoms with Crippen LogP contribution in [0.4, 0.5) is 11.5 Å². The van der Waals surface area contributed by atoms with Crippen LogP contribution in [0.1, 0.15) is 17.3 Å². The van der Waals surface area contributed by atoms with E-state index in [9.17, 15) is 4.79 Å². The topological polar surface area (TPSA) is 33.2 Å². The molecule has 3 rings (SSSR count). The van der Waals surface area contributed by atoms with Gasteiger partial charge in [0.1, 0.15) is 5.82 Å². The number of benzene rings is 2. The number of pyridine rings is 1. The van der Waals surface area contributed by atoms with Gasteiger partial charge in [-0.1, -0.05) is 36.4 Å². The molecule has 3 heteroatoms. The monoisotopic (exact) mass is 276 g/mol. The van der Waals surface area contributed by atoms with Crippen LogP contribution < -0.4 is 4.90 Å². The predicted octanol–water partition coefficient (Wildman–Crippen LogP) is 4.21. The number of hydrogen-bond acceptors (Lipinski definition) is 3. The van der Waals surface area contributed by atoms with E-state index in [-0.39, 0.29) is 0 Å². The van der Waals surface area contributed by atoms with Gasteiger partial charge in [-0.15, -0.1) is 0 Å². The molecule has 0 unspecified atom stereocenters. The highest BCUT2D eigenvalue weighted by molar-refractivity contribution is 5.95. The highest BCUT2D eigenvalue weighted by atomic mass is 16.1. The van der Waals surface area contributed by atoms with Crippen molar-refractivity contribution in [3.05, 3.63) is 66.4 Å². The van der Waals surface area contributed by atoms with Crippen molar-refractivity contribution in [1.29, 1.82) is 0 Å². The summed E-state index contributed by atoms with van der Waals surface area (Å²) in [7, 11) is 0. The molecule has 0 bridgehead atoms. The number of carbonyl (C=O) groups excluding carboxylic acids is 1. The van der Waals surface area contributed by atoms with Crippen LogP contribution >= 0.6 is 0 Å². The van der Waals surface area contributed by atoms with Gasteiger partial charge in [-0.2, -0.15) is 0 Å². The highest BCUT2D eigenvalue weighted by Gasteiger charge is 2.11. The number of fused-ring (bicyclic) bond motifs is 1. The van der Waals surface area contributed by atoms with E-state index in [2.05, 4.69) is 47.1 Å². The van der Waals surface area contributed by atoms with E-state index in [1.807, 2.05) is 18.2 Å². The summed E-state index contributed by atoms with van der Waals surface area (Å²) in [5.74, 6) is 0.847. The molecule has 21 heavy (non-hydrogen) atoms. The van der Waals surface area contributed by atoms with Gasteiger partial charge >= 0.3 is 0 Å². The maximum absolute atomic E-state index is 10.7. The molecule has 1 heterocycles. The van der Waals surface area contributed by atoms with Crippen LogP contribution in [0.5, 0.6) is 0 Å². The summed E-state index contributed by atoms with van der Waals surface area (Å²) in [6, 6.07) is 18.2. The molecule has 0 amide bonds. The van der Waals surface area contributed by atoms with Crippen LogP contribution in [0.25, 0.3) is 10.8 Å². The molecule has 1 aromatic heterocycles. The number of nitrogens with zero attached hydrogens (tertiary/aromatic N) is 2. The Hall–Kier alpha value is -2.68. The van der Waals surface area contributed by atoms with Gasteiger partial charge in [-0.25, -0.2) is 4.98 Å². The molecular weight excluding hydrogens is 260 g/mol. The smallest absolute Gasteiger partial charge is 0.151 e. The highest BCUT2D eigenvalue weighted by Crippen LogP contribution is 2.30. The molecule has 0 fully saturated rings. The first-order valence-electron chi connectivity index (χ1n) is 7.00. The number of aldehydes is 1. The Kier molecular flexibility index (Phi) is 3.65. The molecule has 0 atom stereocenters. The van der Waals surface area contributed by atoms with Gasteiger partial charge in [0.25, 0.3) is 0 Å². The molecule has 0 saturated carbocycles. The maximum atomic E-state index is 10.7. The van der Waals surface area contributed by atoms with E-state index >= 15 is 0 Å². The second-order valence-corrected chi connectivity index (χ2v) is 4.81. The number of hydrogen-bond donors (Lipinski definition) is 0. The molecular formula is C18H16N2O. The van der Waals surface area contributed by atoms with Gasteiger partial charge < -0.3 is 4.90 Å². The Labute approximate surface area is 123 Å². The molecule has 3 nitrogen and oxygen atoms in total. The summed E-state index contributed by atoms with van der Waals surface area (Å²) in [6.45, 7) is 2.90. The second kappa shape index (κ2) is 5.75. The number of anilines is 2. The van der Waals surface area contributed by atoms with E-state index < -0.39 is 0 Å². The van der Waals surface area contributed by atoms with Crippen molar-refractivity contribution in [2.75, 3.05) is 11.4 Å². The molecule has 0 N–H and O–H groups in total. The number of rotatable bonds is 4. The van der Waals surface area contributed by atoms with Crippen molar-refractivity contribution in [2.24, 2.45) is 0 Å². The zero-order chi connectivity index (χ0) is 14.7. The fourth-order valence-electron chi connectivity index (χ4n) is 2.53. The van der Waals surface area contributed by atoms with Crippen LogP contribution in [0.2, 0.25) is 0 Å². The molecule has 0 aliphatic heterocycles. The van der Waals surface area contributed by atoms with Gasteiger partial charge in [-0.05, 0) is 30.5 Å². The molecule has 0 spiro atoms. The Morgan fingerprint density at radius 1 is 1.05 bits per heavy atom. The van der Waals surface area contributed by atoms with E-state index in [0.29, 0.717) is 5.56 Å². The Balaban J connectivity index is 2.11. The van der Waals surface area contributed by atoms with Crippen molar-refractivity contribution in [3.63, 3.8) is 0 Å². The first kappa shape index (κ1) is 13.3. The number of carbonyl (C=O) groups is 1. The number of aromatic nitrogens is 1. The second-order valence-electron chi connectivity index (χ2n) is 4.81. The SMILES string of the molecule is CCN(c1ccc(C=O)cn1)c1cccc2ccccc12. The van der Waals surface area contributed by atoms with Gasteiger partial charge in [0.2, 0.25) is 0 Å². The third-order valence-electron chi connectivity index (χ3n) is 3.56. The van der Waals surface area contributed by atoms with Crippen molar-refractivity contribution in [3.8, 4) is 0 Å². The van der Waals surface area contributed by atoms with Gasteiger partial charge in [0.15, 0.2) is 6.29 Å². The first-order chi connectivity index (χ1) is 10.3. The molecule has 0 aliphatic carbocycles. The van der Waals surface area contributed by atoms with Crippen molar-refractivity contribution in [1.82, 2.24) is 4.98 Å². The first-order valence-corrected chi connectivity index (χ1v) is 7.00. The van der Waals surface area contributed by atoms with Crippen LogP contribution in [0.15, 0.2) is 60.8 Å². The standard InChI is InChI=1S/C18H16N2O/c1-2-20(18-11-10-14(13-21)12-19-18)17-9-5-7-15-6-3-4-8-16(15)17/h3-13H,2H2,1H3. The molecule has 104 valence electrons. The van der Waals surface area contributed by atoms with E-state index in [1.165, 1.54) is 10.8 Å². The third-order valence-corrected chi connectivity index (χ3v) is 3.56. The normalized spacial score (nSPS) is 10.5. The summed E-state index contributed by atoms with van der Waals surface area (Å²) in [4.78, 5) is 17.3. The van der Waals surface area contributed by atoms with Gasteiger partial charge in [0.05, 0.1) is 5.69 Å². The molecule has 0 aliphatic rings. The average Bonchev–Trinajstić information content (AvgIpc) is 2.56. The predicted molar refractivity (Wildman–Crippen MR) is 86.3 cm³/mol. The van der Waals surface area contributed by atoms with Crippen LogP contribution in [-0.4, -0.2) is 17.8 Å². The molecule has 3 aromatic rings. The zero-order valence-electron chi connectivity index (χ0n) is 11.9. The van der Waals surface area contributed by atoms with E-state index in [4.69, 9.17) is 0 Å². The lowest BCUT2D eigenvalue weighted by molar-refractivity contribution is 0.112. The summed E-state index contributed by atoms with van der Waals surface area (Å²) >= 11 is 0. The lowest BCUT2D eigenvalue weighted by atomic mass is 10.1. The summed E-state index contributed by atoms with van der Waals surface area (Å²) in [5.41, 5.74) is 1.72. The minimum atomic E-state index is 0.590. The molecule has 2 aromatic carbocycles. The molecule has 0 radical (unpaired) electrons. The van der Waals surface area contributed by atoms with Crippen LogP contribution in [-0.2, 0) is 0 Å². The summed E-state index contributed by atoms with van der Waals surface area (Å²) in [5, 5.41) is 2.40. The fourth-order valence-corrected chi connectivity index (χ4v) is 2.53. The lowest BCUT2D eigenvalue weighted by Gasteiger charge is -2.23. The van der Waals surface area contributed by atoms with Crippen LogP contribution in [0, 0.1) is 0 Å². The third kappa shape index (κ3) is 2.50. The molecule has 0 saturated heterocycles. The van der Waals surface area contributed by atoms with E-state index in [1.54, 1.807) is 12.3 Å². The quantitative estimate of drug-likeness (QED) is 0.669. The lowest BCUT2D eigenvalue weighted by Crippen LogP contribution is -2.17. The van der Waals surface area contributed by atoms with Gasteiger partial charge in [-0.3, -0.25) is 4.79 Å². The maximum Gasteiger partial charge on any atom is 0.151 e. The minimum Gasteiger partial charge on any atom is -0.326 e. The van der Waals surface area contributed by atoms with Crippen molar-refractivity contribution in [2.45, 2.75) is 6.92 Å². The summed E-state index contributed by atoms with van der Waals surface area (Å²) in [6.07, 6.45) is 2.42. The van der Waals surface area contributed by atoms with Crippen molar-refractivity contribution < 1.29 is 4.79 Å². The van der Waals surface area contributed by atoms with Crippen LogP contribution in [0.3, 0.4) is 0 Å². The fraction of sp³-hybridized carbons (Fsp3) is 0.111. The van der Waals surface area contributed by atoms with Gasteiger partial charge in [0, 0.05) is 23.7 Å². The average molecular weight is 276 g/mol. The Bertz CT molecular complexity index is 760. The van der Waals surface area contributed by atoms with Crippen molar-refractivity contribution >= 4 is 28.6 Å². The Morgan fingerprint density at radius 3 is 2.57 bits per heavy atom. The minimum absolute atomic E-state index is 0.590.